The summed E-state index contributed by atoms with van der Waals surface area (Å²) in [5.41, 5.74) is 0.237. The van der Waals surface area contributed by atoms with Gasteiger partial charge in [-0.05, 0) is 18.2 Å². The summed E-state index contributed by atoms with van der Waals surface area (Å²) in [6.07, 6.45) is 1.65. The second kappa shape index (κ2) is 5.36. The van der Waals surface area contributed by atoms with Crippen molar-refractivity contribution in [1.29, 1.82) is 0 Å². The zero-order chi connectivity index (χ0) is 12.4. The number of carbonyl (C=O) groups excluding carboxylic acids is 1. The lowest BCUT2D eigenvalue weighted by Gasteiger charge is -2.01. The molecule has 0 amide bonds. The van der Waals surface area contributed by atoms with Gasteiger partial charge in [0.2, 0.25) is 0 Å². The molecule has 2 nitrogen and oxygen atoms in total. The largest absolute Gasteiger partial charge is 0.292 e. The maximum absolute atomic E-state index is 11.9. The maximum atomic E-state index is 11.9. The van der Waals surface area contributed by atoms with E-state index in [0.717, 1.165) is 4.88 Å². The van der Waals surface area contributed by atoms with Crippen LogP contribution in [-0.2, 0) is 6.42 Å². The van der Waals surface area contributed by atoms with E-state index < -0.39 is 0 Å². The number of halogens is 3. The minimum absolute atomic E-state index is 0.148. The van der Waals surface area contributed by atoms with Crippen molar-refractivity contribution < 1.29 is 4.79 Å². The highest BCUT2D eigenvalue weighted by Crippen LogP contribution is 2.24. The second-order valence-electron chi connectivity index (χ2n) is 3.29. The summed E-state index contributed by atoms with van der Waals surface area (Å²) in [5.74, 6) is -0.148. The van der Waals surface area contributed by atoms with Crippen molar-refractivity contribution in [2.24, 2.45) is 0 Å². The van der Waals surface area contributed by atoms with Gasteiger partial charge >= 0.3 is 0 Å². The van der Waals surface area contributed by atoms with E-state index in [-0.39, 0.29) is 22.9 Å². The van der Waals surface area contributed by atoms with Crippen LogP contribution in [0.25, 0.3) is 0 Å². The van der Waals surface area contributed by atoms with Gasteiger partial charge < -0.3 is 0 Å². The highest BCUT2D eigenvalue weighted by molar-refractivity contribution is 7.16. The number of hydrogen-bond donors (Lipinski definition) is 0. The van der Waals surface area contributed by atoms with Crippen molar-refractivity contribution in [3.8, 4) is 0 Å². The molecule has 0 fully saturated rings. The quantitative estimate of drug-likeness (QED) is 0.780. The lowest BCUT2D eigenvalue weighted by atomic mass is 10.2. The second-order valence-corrected chi connectivity index (χ2v) is 5.93. The monoisotopic (exact) mass is 305 g/mol. The van der Waals surface area contributed by atoms with Crippen LogP contribution < -0.4 is 0 Å². The molecule has 2 aromatic rings. The minimum Gasteiger partial charge on any atom is -0.292 e. The maximum Gasteiger partial charge on any atom is 0.187 e. The van der Waals surface area contributed by atoms with Gasteiger partial charge in [0.05, 0.1) is 14.4 Å². The average molecular weight is 307 g/mol. The molecule has 0 unspecified atom stereocenters. The summed E-state index contributed by atoms with van der Waals surface area (Å²) in [7, 11) is 0. The Balaban J connectivity index is 2.20. The molecule has 0 atom stereocenters. The number of Topliss-reactive ketones (excluding diaryl/α,β-unsaturated/α-hetero) is 1. The Morgan fingerprint density at radius 1 is 1.29 bits per heavy atom. The molecular weight excluding hydrogens is 301 g/mol. The SMILES string of the molecule is O=C(Cc1ccc(Cl)s1)c1ncc(Cl)cc1Cl. The van der Waals surface area contributed by atoms with E-state index in [1.54, 1.807) is 6.07 Å². The van der Waals surface area contributed by atoms with Crippen LogP contribution >= 0.6 is 46.1 Å². The van der Waals surface area contributed by atoms with Crippen LogP contribution in [0.1, 0.15) is 15.4 Å². The zero-order valence-corrected chi connectivity index (χ0v) is 11.5. The first-order chi connectivity index (χ1) is 8.06. The standard InChI is InChI=1S/C11H6Cl3NOS/c12-6-3-8(13)11(15-5-6)9(16)4-7-1-2-10(14)17-7/h1-3,5H,4H2. The number of hydrogen-bond acceptors (Lipinski definition) is 3. The Morgan fingerprint density at radius 3 is 2.65 bits per heavy atom. The van der Waals surface area contributed by atoms with Crippen molar-refractivity contribution in [3.05, 3.63) is 49.3 Å². The Hall–Kier alpha value is -0.610. The number of pyridine rings is 1. The average Bonchev–Trinajstić information content (AvgIpc) is 2.63. The number of carbonyl (C=O) groups is 1. The van der Waals surface area contributed by atoms with Gasteiger partial charge in [0.25, 0.3) is 0 Å². The molecule has 2 heterocycles. The molecule has 0 aliphatic carbocycles. The van der Waals surface area contributed by atoms with Gasteiger partial charge in [-0.1, -0.05) is 34.8 Å². The van der Waals surface area contributed by atoms with E-state index in [1.807, 2.05) is 6.07 Å². The van der Waals surface area contributed by atoms with E-state index in [9.17, 15) is 4.79 Å². The topological polar surface area (TPSA) is 30.0 Å². The minimum atomic E-state index is -0.148. The van der Waals surface area contributed by atoms with Gasteiger partial charge in [-0.15, -0.1) is 11.3 Å². The van der Waals surface area contributed by atoms with Crippen LogP contribution in [-0.4, -0.2) is 10.8 Å². The fourth-order valence-electron chi connectivity index (χ4n) is 1.31. The van der Waals surface area contributed by atoms with E-state index in [4.69, 9.17) is 34.8 Å². The van der Waals surface area contributed by atoms with Crippen molar-refractivity contribution in [2.75, 3.05) is 0 Å². The van der Waals surface area contributed by atoms with Gasteiger partial charge in [-0.25, -0.2) is 4.98 Å². The molecule has 88 valence electrons. The number of ketones is 1. The van der Waals surface area contributed by atoms with Gasteiger partial charge in [0, 0.05) is 17.5 Å². The third-order valence-electron chi connectivity index (χ3n) is 2.04. The van der Waals surface area contributed by atoms with E-state index >= 15 is 0 Å². The number of thiophene rings is 1. The zero-order valence-electron chi connectivity index (χ0n) is 8.41. The van der Waals surface area contributed by atoms with Crippen LogP contribution in [0.4, 0.5) is 0 Å². The highest BCUT2D eigenvalue weighted by Gasteiger charge is 2.14. The van der Waals surface area contributed by atoms with Crippen molar-refractivity contribution in [1.82, 2.24) is 4.98 Å². The predicted molar refractivity (Wildman–Crippen MR) is 71.6 cm³/mol. The van der Waals surface area contributed by atoms with Crippen LogP contribution in [0.15, 0.2) is 24.4 Å². The molecule has 0 saturated heterocycles. The molecular formula is C11H6Cl3NOS. The summed E-state index contributed by atoms with van der Waals surface area (Å²) >= 11 is 18.8. The first kappa shape index (κ1) is 12.8. The van der Waals surface area contributed by atoms with Crippen molar-refractivity contribution in [3.63, 3.8) is 0 Å². The molecule has 0 spiro atoms. The molecule has 2 aromatic heterocycles. The summed E-state index contributed by atoms with van der Waals surface area (Å²) < 4.78 is 0.656. The van der Waals surface area contributed by atoms with Crippen molar-refractivity contribution >= 4 is 51.9 Å². The van der Waals surface area contributed by atoms with E-state index in [0.29, 0.717) is 9.36 Å². The lowest BCUT2D eigenvalue weighted by Crippen LogP contribution is -2.05. The fraction of sp³-hybridized carbons (Fsp3) is 0.0909. The van der Waals surface area contributed by atoms with E-state index in [1.165, 1.54) is 23.6 Å². The van der Waals surface area contributed by atoms with Crippen LogP contribution in [0.3, 0.4) is 0 Å². The molecule has 0 radical (unpaired) electrons. The molecule has 2 rings (SSSR count). The molecule has 6 heteroatoms. The summed E-state index contributed by atoms with van der Waals surface area (Å²) in [6.45, 7) is 0. The Labute approximate surface area is 117 Å². The summed E-state index contributed by atoms with van der Waals surface area (Å²) in [5, 5.41) is 0.677. The van der Waals surface area contributed by atoms with E-state index in [2.05, 4.69) is 4.98 Å². The first-order valence-electron chi connectivity index (χ1n) is 4.64. The van der Waals surface area contributed by atoms with Gasteiger partial charge in [-0.3, -0.25) is 4.79 Å². The Kier molecular flexibility index (Phi) is 4.05. The van der Waals surface area contributed by atoms with Crippen LogP contribution in [0, 0.1) is 0 Å². The third-order valence-corrected chi connectivity index (χ3v) is 3.76. The first-order valence-corrected chi connectivity index (χ1v) is 6.60. The number of aromatic nitrogens is 1. The molecule has 0 aliphatic heterocycles. The Bertz CT molecular complexity index is 568. The van der Waals surface area contributed by atoms with Crippen LogP contribution in [0.2, 0.25) is 14.4 Å². The number of nitrogens with zero attached hydrogens (tertiary/aromatic N) is 1. The Morgan fingerprint density at radius 2 is 2.06 bits per heavy atom. The van der Waals surface area contributed by atoms with Gasteiger partial charge in [0.15, 0.2) is 5.78 Å². The number of rotatable bonds is 3. The van der Waals surface area contributed by atoms with Gasteiger partial charge in [0.1, 0.15) is 5.69 Å². The predicted octanol–water partition coefficient (Wildman–Crippen LogP) is 4.53. The van der Waals surface area contributed by atoms with Crippen LogP contribution in [0.5, 0.6) is 0 Å². The molecule has 0 bridgehead atoms. The molecule has 0 saturated carbocycles. The lowest BCUT2D eigenvalue weighted by molar-refractivity contribution is 0.0989. The highest BCUT2D eigenvalue weighted by atomic mass is 35.5. The molecule has 0 aromatic carbocycles. The molecule has 17 heavy (non-hydrogen) atoms. The summed E-state index contributed by atoms with van der Waals surface area (Å²) in [4.78, 5) is 16.8. The van der Waals surface area contributed by atoms with Crippen molar-refractivity contribution in [2.45, 2.75) is 6.42 Å². The normalized spacial score (nSPS) is 10.5. The fourth-order valence-corrected chi connectivity index (χ4v) is 2.88. The summed E-state index contributed by atoms with van der Waals surface area (Å²) in [6, 6.07) is 5.07. The third kappa shape index (κ3) is 3.19. The molecule has 0 N–H and O–H groups in total. The smallest absolute Gasteiger partial charge is 0.187 e. The molecule has 0 aliphatic rings. The van der Waals surface area contributed by atoms with Gasteiger partial charge in [-0.2, -0.15) is 0 Å².